The predicted octanol–water partition coefficient (Wildman–Crippen LogP) is 7.31. The maximum atomic E-state index is 13.8. The molecule has 0 spiro atoms. The Morgan fingerprint density at radius 1 is 0.538 bits per heavy atom. The molecule has 2 aliphatic heterocycles. The summed E-state index contributed by atoms with van der Waals surface area (Å²) in [4.78, 5) is 91.4. The van der Waals surface area contributed by atoms with Gasteiger partial charge in [-0.1, -0.05) is 109 Å². The number of ether oxygens (including phenoxy) is 1. The average Bonchev–Trinajstić information content (AvgIpc) is 4.15. The molecule has 4 N–H and O–H groups in total. The molecule has 8 rings (SSSR count). The van der Waals surface area contributed by atoms with E-state index in [-0.39, 0.29) is 35.7 Å². The first kappa shape index (κ1) is 45.3. The Kier molecular flexibility index (Phi) is 14.4. The molecule has 4 atom stereocenters. The van der Waals surface area contributed by atoms with E-state index in [1.165, 1.54) is 27.7 Å². The van der Waals surface area contributed by atoms with Gasteiger partial charge in [-0.05, 0) is 59.1 Å². The summed E-state index contributed by atoms with van der Waals surface area (Å²) in [6.45, 7) is 6.40. The number of nitrogens with one attached hydrogen (secondary N) is 4. The van der Waals surface area contributed by atoms with Gasteiger partial charge in [-0.3, -0.25) is 28.8 Å². The zero-order valence-electron chi connectivity index (χ0n) is 36.7. The maximum Gasteiger partial charge on any atom is 0.310 e. The summed E-state index contributed by atoms with van der Waals surface area (Å²) >= 11 is 0. The van der Waals surface area contributed by atoms with Crippen LogP contribution in [0, 0.1) is 0 Å². The van der Waals surface area contributed by atoms with Gasteiger partial charge in [0.25, 0.3) is 0 Å². The average molecular weight is 877 g/mol. The van der Waals surface area contributed by atoms with Crippen molar-refractivity contribution in [2.45, 2.75) is 77.5 Å². The summed E-state index contributed by atoms with van der Waals surface area (Å²) < 4.78 is 3.97. The molecule has 2 aliphatic rings. The third-order valence-electron chi connectivity index (χ3n) is 11.4. The van der Waals surface area contributed by atoms with E-state index in [2.05, 4.69) is 73.9 Å². The normalized spacial score (nSPS) is 16.4. The van der Waals surface area contributed by atoms with Crippen LogP contribution in [-0.2, 0) is 33.5 Å². The van der Waals surface area contributed by atoms with Crippen LogP contribution in [0.1, 0.15) is 100 Å². The van der Waals surface area contributed by atoms with Gasteiger partial charge in [-0.2, -0.15) is 0 Å². The van der Waals surface area contributed by atoms with Crippen molar-refractivity contribution in [2.75, 3.05) is 13.1 Å². The van der Waals surface area contributed by atoms with Crippen LogP contribution >= 0.6 is 0 Å². The van der Waals surface area contributed by atoms with Crippen LogP contribution in [-0.4, -0.2) is 78.4 Å². The maximum absolute atomic E-state index is 13.8. The fraction of sp³-hybridized carbons (Fsp3) is 0.280. The van der Waals surface area contributed by atoms with E-state index >= 15 is 0 Å². The second-order valence-corrected chi connectivity index (χ2v) is 16.1. The minimum absolute atomic E-state index is 0.144. The molecule has 4 heterocycles. The second-order valence-electron chi connectivity index (χ2n) is 16.1. The third-order valence-corrected chi connectivity index (χ3v) is 11.4. The highest BCUT2D eigenvalue weighted by Crippen LogP contribution is 2.36. The van der Waals surface area contributed by atoms with E-state index in [0.29, 0.717) is 13.1 Å². The number of likely N-dealkylation sites (tertiary alicyclic amines) is 2. The molecule has 15 nitrogen and oxygen atoms in total. The van der Waals surface area contributed by atoms with Gasteiger partial charge in [0.15, 0.2) is 0 Å². The van der Waals surface area contributed by atoms with Crippen LogP contribution in [0.15, 0.2) is 122 Å². The Labute approximate surface area is 377 Å². The number of H-pyrrole nitrogens is 2. The first-order valence-electron chi connectivity index (χ1n) is 21.6. The smallest absolute Gasteiger partial charge is 0.310 e. The monoisotopic (exact) mass is 876 g/mol. The van der Waals surface area contributed by atoms with Crippen LogP contribution in [0.2, 0.25) is 0 Å². The number of amides is 4. The molecule has 334 valence electrons. The minimum Gasteiger partial charge on any atom is -0.394 e. The van der Waals surface area contributed by atoms with Gasteiger partial charge in [0.2, 0.25) is 23.6 Å². The van der Waals surface area contributed by atoms with Crippen molar-refractivity contribution < 1.29 is 33.5 Å². The molecule has 6 aromatic rings. The summed E-state index contributed by atoms with van der Waals surface area (Å²) in [7, 11) is 0. The molecule has 2 saturated heterocycles. The Balaban J connectivity index is 0.000000833. The Morgan fingerprint density at radius 2 is 0.892 bits per heavy atom. The lowest BCUT2D eigenvalue weighted by molar-refractivity contribution is -0.156. The van der Waals surface area contributed by atoms with Crippen LogP contribution in [0.5, 0.6) is 0 Å². The number of benzene rings is 4. The molecular formula is C50H52N8O7. The van der Waals surface area contributed by atoms with Crippen LogP contribution < -0.4 is 10.6 Å². The lowest BCUT2D eigenvalue weighted by atomic mass is 10.0. The van der Waals surface area contributed by atoms with Crippen molar-refractivity contribution in [1.82, 2.24) is 40.4 Å². The lowest BCUT2D eigenvalue weighted by Gasteiger charge is -2.28. The molecule has 0 aliphatic carbocycles. The van der Waals surface area contributed by atoms with E-state index in [9.17, 15) is 28.8 Å². The fourth-order valence-electron chi connectivity index (χ4n) is 8.43. The van der Waals surface area contributed by atoms with Crippen LogP contribution in [0.4, 0.5) is 0 Å². The van der Waals surface area contributed by atoms with Crippen molar-refractivity contribution in [3.8, 4) is 33.6 Å². The molecule has 65 heavy (non-hydrogen) atoms. The number of carbonyl (C=O) groups is 6. The fourth-order valence-corrected chi connectivity index (χ4v) is 8.43. The van der Waals surface area contributed by atoms with Crippen molar-refractivity contribution in [3.63, 3.8) is 0 Å². The highest BCUT2D eigenvalue weighted by Gasteiger charge is 2.38. The molecule has 0 saturated carbocycles. The van der Waals surface area contributed by atoms with Gasteiger partial charge in [-0.25, -0.2) is 9.97 Å². The lowest BCUT2D eigenvalue weighted by Crippen LogP contribution is -2.42. The number of rotatable bonds is 11. The number of hydrogen-bond acceptors (Lipinski definition) is 9. The zero-order chi connectivity index (χ0) is 46.0. The Hall–Kier alpha value is -7.68. The molecular weight excluding hydrogens is 825 g/mol. The summed E-state index contributed by atoms with van der Waals surface area (Å²) in [5.41, 5.74) is 7.30. The molecule has 0 bridgehead atoms. The Bertz CT molecular complexity index is 2450. The number of esters is 2. The van der Waals surface area contributed by atoms with E-state index in [1.807, 2.05) is 82.9 Å². The topological polar surface area (TPSA) is 200 Å². The minimum atomic E-state index is -0.760. The molecule has 4 aromatic carbocycles. The summed E-state index contributed by atoms with van der Waals surface area (Å²) in [5.74, 6) is -0.475. The summed E-state index contributed by atoms with van der Waals surface area (Å²) in [6.07, 6.45) is 6.88. The van der Waals surface area contributed by atoms with Crippen molar-refractivity contribution >= 4 is 35.6 Å². The summed E-state index contributed by atoms with van der Waals surface area (Å²) in [6, 6.07) is 33.3. The standard InChI is InChI=1S/C46H46N8O4.C4H6O3/c1-29(55)49-41(35-11-5-3-6-12-35)45(57)53-25-9-15-39(53)43-47-27-37(51-43)33-21-17-31(18-22-33)32-19-23-34(24-20-32)38-28-48-44(52-38)40-16-10-26-54(40)46(58)42(50-30(2)56)36-13-7-4-8-14-36;1-3(5)7-4(2)6/h3-8,11-14,17-24,27-28,39-42H,9-10,15-16,25-26H2,1-2H3,(H,47,51)(H,48,52)(H,49,55)(H,50,56);1-2H3/t39-,40-,41+,42+;/m0./s1. The molecule has 2 aromatic heterocycles. The van der Waals surface area contributed by atoms with Gasteiger partial charge in [0.1, 0.15) is 23.7 Å². The second kappa shape index (κ2) is 20.7. The van der Waals surface area contributed by atoms with Gasteiger partial charge in [0, 0.05) is 40.8 Å². The highest BCUT2D eigenvalue weighted by atomic mass is 16.6. The zero-order valence-corrected chi connectivity index (χ0v) is 36.7. The number of aromatic amines is 2. The highest BCUT2D eigenvalue weighted by molar-refractivity contribution is 5.89. The van der Waals surface area contributed by atoms with Crippen LogP contribution in [0.3, 0.4) is 0 Å². The SMILES string of the molecule is CC(=O)N[C@@H](C(=O)N1CCC[C@H]1c1ncc(-c2ccc(-c3ccc(-c4cnc([C@@H]5CCCN5C(=O)[C@H](NC(C)=O)c5ccccc5)[nH]4)cc3)cc2)[nH]1)c1ccccc1.CC(=O)OC(C)=O. The number of aromatic nitrogens is 4. The summed E-state index contributed by atoms with van der Waals surface area (Å²) in [5, 5.41) is 5.69. The van der Waals surface area contributed by atoms with Crippen molar-refractivity contribution in [1.29, 1.82) is 0 Å². The Morgan fingerprint density at radius 3 is 1.22 bits per heavy atom. The largest absolute Gasteiger partial charge is 0.394 e. The first-order chi connectivity index (χ1) is 31.4. The number of hydrogen-bond donors (Lipinski definition) is 4. The van der Waals surface area contributed by atoms with E-state index in [1.54, 1.807) is 0 Å². The van der Waals surface area contributed by atoms with Gasteiger partial charge in [-0.15, -0.1) is 0 Å². The van der Waals surface area contributed by atoms with E-state index in [0.717, 1.165) is 82.1 Å². The molecule has 2 fully saturated rings. The quantitative estimate of drug-likeness (QED) is 0.0761. The predicted molar refractivity (Wildman–Crippen MR) is 243 cm³/mol. The first-order valence-corrected chi connectivity index (χ1v) is 21.6. The number of carbonyl (C=O) groups excluding carboxylic acids is 6. The van der Waals surface area contributed by atoms with Gasteiger partial charge < -0.3 is 35.1 Å². The number of imidazole rings is 2. The van der Waals surface area contributed by atoms with Crippen molar-refractivity contribution in [3.05, 3.63) is 144 Å². The van der Waals surface area contributed by atoms with E-state index in [4.69, 9.17) is 9.97 Å². The van der Waals surface area contributed by atoms with Crippen LogP contribution in [0.25, 0.3) is 33.6 Å². The van der Waals surface area contributed by atoms with Crippen molar-refractivity contribution in [2.24, 2.45) is 0 Å². The van der Waals surface area contributed by atoms with Gasteiger partial charge in [0.05, 0.1) is 35.9 Å². The molecule has 0 radical (unpaired) electrons. The number of nitrogens with zero attached hydrogens (tertiary/aromatic N) is 4. The van der Waals surface area contributed by atoms with Gasteiger partial charge >= 0.3 is 11.9 Å². The molecule has 0 unspecified atom stereocenters. The molecule has 4 amide bonds. The third kappa shape index (κ3) is 11.1. The molecule has 15 heteroatoms. The van der Waals surface area contributed by atoms with E-state index < -0.39 is 24.0 Å².